The average molecular weight is 282 g/mol. The van der Waals surface area contributed by atoms with Gasteiger partial charge in [-0.2, -0.15) is 0 Å². The summed E-state index contributed by atoms with van der Waals surface area (Å²) in [6.45, 7) is 8.52. The van der Waals surface area contributed by atoms with E-state index in [1.165, 1.54) is 22.4 Å². The maximum absolute atomic E-state index is 4.64. The molecule has 1 aromatic carbocycles. The number of nitrogens with one attached hydrogen (secondary N) is 1. The predicted molar refractivity (Wildman–Crippen MR) is 89.8 cm³/mol. The van der Waals surface area contributed by atoms with Gasteiger partial charge >= 0.3 is 0 Å². The molecule has 0 amide bonds. The summed E-state index contributed by atoms with van der Waals surface area (Å²) in [6.07, 6.45) is 4.05. The fourth-order valence-corrected chi connectivity index (χ4v) is 2.88. The summed E-state index contributed by atoms with van der Waals surface area (Å²) in [7, 11) is 0. The standard InChI is InChI=1S/C19H26N2/c1-4-16-10-6-7-11-17(16)13-18(14-20-5-2)19-15(3)9-8-12-21-19/h6-12,18,20H,4-5,13-14H2,1-3H3. The minimum Gasteiger partial charge on any atom is -0.316 e. The zero-order valence-electron chi connectivity index (χ0n) is 13.4. The molecule has 112 valence electrons. The summed E-state index contributed by atoms with van der Waals surface area (Å²) in [5.41, 5.74) is 5.42. The van der Waals surface area contributed by atoms with Crippen molar-refractivity contribution in [3.05, 3.63) is 65.0 Å². The van der Waals surface area contributed by atoms with Crippen LogP contribution in [0.5, 0.6) is 0 Å². The van der Waals surface area contributed by atoms with Gasteiger partial charge in [0.25, 0.3) is 0 Å². The molecule has 1 heterocycles. The molecule has 0 saturated carbocycles. The van der Waals surface area contributed by atoms with E-state index in [9.17, 15) is 0 Å². The van der Waals surface area contributed by atoms with Gasteiger partial charge in [-0.15, -0.1) is 0 Å². The highest BCUT2D eigenvalue weighted by Crippen LogP contribution is 2.23. The van der Waals surface area contributed by atoms with Gasteiger partial charge in [0.15, 0.2) is 0 Å². The van der Waals surface area contributed by atoms with Crippen molar-refractivity contribution in [1.82, 2.24) is 10.3 Å². The van der Waals surface area contributed by atoms with Gasteiger partial charge in [0.2, 0.25) is 0 Å². The van der Waals surface area contributed by atoms with Crippen LogP contribution in [0, 0.1) is 6.92 Å². The Morgan fingerprint density at radius 2 is 1.81 bits per heavy atom. The second kappa shape index (κ2) is 7.94. The molecule has 0 bridgehead atoms. The first kappa shape index (κ1) is 15.7. The average Bonchev–Trinajstić information content (AvgIpc) is 2.52. The number of benzene rings is 1. The van der Waals surface area contributed by atoms with E-state index in [1.807, 2.05) is 12.3 Å². The van der Waals surface area contributed by atoms with Crippen LogP contribution in [0.15, 0.2) is 42.6 Å². The van der Waals surface area contributed by atoms with Crippen LogP contribution in [0.1, 0.15) is 42.1 Å². The molecule has 21 heavy (non-hydrogen) atoms. The topological polar surface area (TPSA) is 24.9 Å². The molecular weight excluding hydrogens is 256 g/mol. The van der Waals surface area contributed by atoms with Crippen LogP contribution in [0.2, 0.25) is 0 Å². The van der Waals surface area contributed by atoms with Gasteiger partial charge in [-0.05, 0) is 49.1 Å². The minimum absolute atomic E-state index is 0.429. The van der Waals surface area contributed by atoms with Crippen LogP contribution in [-0.2, 0) is 12.8 Å². The maximum Gasteiger partial charge on any atom is 0.0479 e. The lowest BCUT2D eigenvalue weighted by molar-refractivity contribution is 0.578. The number of nitrogens with zero attached hydrogens (tertiary/aromatic N) is 1. The zero-order valence-corrected chi connectivity index (χ0v) is 13.4. The molecule has 0 spiro atoms. The highest BCUT2D eigenvalue weighted by molar-refractivity contribution is 5.31. The molecule has 2 nitrogen and oxygen atoms in total. The van der Waals surface area contributed by atoms with Crippen LogP contribution in [0.4, 0.5) is 0 Å². The Morgan fingerprint density at radius 3 is 2.48 bits per heavy atom. The van der Waals surface area contributed by atoms with Gasteiger partial charge in [-0.25, -0.2) is 0 Å². The number of aryl methyl sites for hydroxylation is 2. The number of aromatic nitrogens is 1. The third-order valence-electron chi connectivity index (χ3n) is 4.04. The van der Waals surface area contributed by atoms with E-state index in [0.29, 0.717) is 5.92 Å². The Morgan fingerprint density at radius 1 is 1.05 bits per heavy atom. The van der Waals surface area contributed by atoms with Crippen molar-refractivity contribution in [1.29, 1.82) is 0 Å². The first-order valence-electron chi connectivity index (χ1n) is 7.95. The first-order chi connectivity index (χ1) is 10.3. The van der Waals surface area contributed by atoms with Crippen molar-refractivity contribution in [3.63, 3.8) is 0 Å². The van der Waals surface area contributed by atoms with Crippen LogP contribution in [-0.4, -0.2) is 18.1 Å². The summed E-state index contributed by atoms with van der Waals surface area (Å²) in [4.78, 5) is 4.64. The van der Waals surface area contributed by atoms with Crippen molar-refractivity contribution in [3.8, 4) is 0 Å². The number of pyridine rings is 1. The fourth-order valence-electron chi connectivity index (χ4n) is 2.88. The van der Waals surface area contributed by atoms with Crippen molar-refractivity contribution in [2.24, 2.45) is 0 Å². The summed E-state index contributed by atoms with van der Waals surface area (Å²) in [5, 5.41) is 3.49. The van der Waals surface area contributed by atoms with Crippen molar-refractivity contribution in [2.45, 2.75) is 39.5 Å². The molecule has 0 saturated heterocycles. The molecule has 2 heteroatoms. The second-order valence-electron chi connectivity index (χ2n) is 5.54. The van der Waals surface area contributed by atoms with E-state index < -0.39 is 0 Å². The number of rotatable bonds is 7. The predicted octanol–water partition coefficient (Wildman–Crippen LogP) is 3.89. The molecule has 1 aromatic heterocycles. The normalized spacial score (nSPS) is 12.3. The fraction of sp³-hybridized carbons (Fsp3) is 0.421. The van der Waals surface area contributed by atoms with E-state index in [1.54, 1.807) is 0 Å². The quantitative estimate of drug-likeness (QED) is 0.833. The molecule has 0 fully saturated rings. The Balaban J connectivity index is 2.26. The Hall–Kier alpha value is -1.67. The second-order valence-corrected chi connectivity index (χ2v) is 5.54. The SMILES string of the molecule is CCNCC(Cc1ccccc1CC)c1ncccc1C. The van der Waals surface area contributed by atoms with E-state index in [0.717, 1.165) is 25.9 Å². The van der Waals surface area contributed by atoms with Crippen LogP contribution in [0.3, 0.4) is 0 Å². The van der Waals surface area contributed by atoms with Crippen LogP contribution in [0.25, 0.3) is 0 Å². The Labute approximate surface area is 128 Å². The molecule has 2 aromatic rings. The van der Waals surface area contributed by atoms with Gasteiger partial charge < -0.3 is 5.32 Å². The van der Waals surface area contributed by atoms with E-state index in [4.69, 9.17) is 0 Å². The van der Waals surface area contributed by atoms with E-state index >= 15 is 0 Å². The number of likely N-dealkylation sites (N-methyl/N-ethyl adjacent to an activating group) is 1. The molecule has 0 aliphatic carbocycles. The Bertz CT molecular complexity index is 563. The summed E-state index contributed by atoms with van der Waals surface area (Å²) < 4.78 is 0. The molecule has 1 N–H and O–H groups in total. The number of hydrogen-bond donors (Lipinski definition) is 1. The summed E-state index contributed by atoms with van der Waals surface area (Å²) >= 11 is 0. The molecular formula is C19H26N2. The van der Waals surface area contributed by atoms with Gasteiger partial charge in [0.1, 0.15) is 0 Å². The molecule has 1 atom stereocenters. The van der Waals surface area contributed by atoms with Crippen molar-refractivity contribution < 1.29 is 0 Å². The van der Waals surface area contributed by atoms with Gasteiger partial charge in [0, 0.05) is 24.4 Å². The van der Waals surface area contributed by atoms with E-state index in [-0.39, 0.29) is 0 Å². The van der Waals surface area contributed by atoms with Gasteiger partial charge in [-0.3, -0.25) is 4.98 Å². The molecule has 0 aliphatic rings. The summed E-state index contributed by atoms with van der Waals surface area (Å²) in [6, 6.07) is 13.0. The van der Waals surface area contributed by atoms with Gasteiger partial charge in [0.05, 0.1) is 0 Å². The third-order valence-corrected chi connectivity index (χ3v) is 4.04. The molecule has 2 rings (SSSR count). The lowest BCUT2D eigenvalue weighted by Gasteiger charge is -2.20. The third kappa shape index (κ3) is 4.15. The van der Waals surface area contributed by atoms with Crippen LogP contribution >= 0.6 is 0 Å². The molecule has 0 aliphatic heterocycles. The smallest absolute Gasteiger partial charge is 0.0479 e. The van der Waals surface area contributed by atoms with Crippen molar-refractivity contribution >= 4 is 0 Å². The molecule has 0 radical (unpaired) electrons. The molecule has 1 unspecified atom stereocenters. The summed E-state index contributed by atoms with van der Waals surface area (Å²) in [5.74, 6) is 0.429. The van der Waals surface area contributed by atoms with Gasteiger partial charge in [-0.1, -0.05) is 44.2 Å². The largest absolute Gasteiger partial charge is 0.316 e. The number of hydrogen-bond acceptors (Lipinski definition) is 2. The first-order valence-corrected chi connectivity index (χ1v) is 7.95. The van der Waals surface area contributed by atoms with Crippen LogP contribution < -0.4 is 5.32 Å². The monoisotopic (exact) mass is 282 g/mol. The Kier molecular flexibility index (Phi) is 5.94. The lowest BCUT2D eigenvalue weighted by atomic mass is 9.90. The van der Waals surface area contributed by atoms with E-state index in [2.05, 4.69) is 61.4 Å². The minimum atomic E-state index is 0.429. The highest BCUT2D eigenvalue weighted by atomic mass is 14.9. The maximum atomic E-state index is 4.64. The highest BCUT2D eigenvalue weighted by Gasteiger charge is 2.16. The van der Waals surface area contributed by atoms with Crippen molar-refractivity contribution in [2.75, 3.05) is 13.1 Å². The zero-order chi connectivity index (χ0) is 15.1. The lowest BCUT2D eigenvalue weighted by Crippen LogP contribution is -2.24.